The third-order valence-electron chi connectivity index (χ3n) is 3.61. The van der Waals surface area contributed by atoms with E-state index in [1.807, 2.05) is 6.07 Å². The number of carbonyl (C=O) groups is 1. The zero-order chi connectivity index (χ0) is 13.8. The fourth-order valence-electron chi connectivity index (χ4n) is 2.44. The first-order valence-electron chi connectivity index (χ1n) is 6.64. The zero-order valence-electron chi connectivity index (χ0n) is 11.6. The fourth-order valence-corrected chi connectivity index (χ4v) is 2.44. The summed E-state index contributed by atoms with van der Waals surface area (Å²) in [7, 11) is 3.76. The molecule has 4 N–H and O–H groups in total. The van der Waals surface area contributed by atoms with Gasteiger partial charge < -0.3 is 21.3 Å². The summed E-state index contributed by atoms with van der Waals surface area (Å²) in [6.07, 6.45) is 1.21. The van der Waals surface area contributed by atoms with Crippen LogP contribution >= 0.6 is 0 Å². The molecule has 1 aromatic rings. The van der Waals surface area contributed by atoms with Gasteiger partial charge in [-0.1, -0.05) is 0 Å². The smallest absolute Gasteiger partial charge is 0.251 e. The molecule has 0 aliphatic carbocycles. The predicted molar refractivity (Wildman–Crippen MR) is 78.3 cm³/mol. The number of benzene rings is 1. The number of likely N-dealkylation sites (tertiary alicyclic amines) is 1. The van der Waals surface area contributed by atoms with E-state index in [-0.39, 0.29) is 5.91 Å². The van der Waals surface area contributed by atoms with Crippen molar-refractivity contribution in [2.24, 2.45) is 5.92 Å². The van der Waals surface area contributed by atoms with Crippen LogP contribution in [0.1, 0.15) is 16.8 Å². The second-order valence-corrected chi connectivity index (χ2v) is 5.18. The van der Waals surface area contributed by atoms with Crippen molar-refractivity contribution in [1.29, 1.82) is 0 Å². The van der Waals surface area contributed by atoms with E-state index in [0.717, 1.165) is 25.3 Å². The van der Waals surface area contributed by atoms with Crippen molar-refractivity contribution < 1.29 is 4.79 Å². The Hall–Kier alpha value is -1.75. The van der Waals surface area contributed by atoms with Crippen LogP contribution in [0.25, 0.3) is 0 Å². The molecule has 2 rings (SSSR count). The highest BCUT2D eigenvalue weighted by molar-refractivity contribution is 5.96. The van der Waals surface area contributed by atoms with Gasteiger partial charge in [-0.05, 0) is 44.1 Å². The molecular formula is C14H22N4O. The van der Waals surface area contributed by atoms with Gasteiger partial charge >= 0.3 is 0 Å². The summed E-state index contributed by atoms with van der Waals surface area (Å²) >= 11 is 0. The molecule has 1 atom stereocenters. The minimum absolute atomic E-state index is 0.0938. The van der Waals surface area contributed by atoms with Crippen molar-refractivity contribution in [3.8, 4) is 0 Å². The topological polar surface area (TPSA) is 70.4 Å². The molecule has 0 bridgehead atoms. The summed E-state index contributed by atoms with van der Waals surface area (Å²) in [6.45, 7) is 3.16. The molecule has 1 aromatic carbocycles. The molecule has 1 amide bonds. The largest absolute Gasteiger partial charge is 0.397 e. The quantitative estimate of drug-likeness (QED) is 0.708. The molecule has 5 heteroatoms. The van der Waals surface area contributed by atoms with Crippen LogP contribution in [0.2, 0.25) is 0 Å². The van der Waals surface area contributed by atoms with Crippen molar-refractivity contribution in [3.63, 3.8) is 0 Å². The molecule has 1 aliphatic rings. The summed E-state index contributed by atoms with van der Waals surface area (Å²) < 4.78 is 0. The van der Waals surface area contributed by atoms with Crippen molar-refractivity contribution >= 4 is 17.3 Å². The van der Waals surface area contributed by atoms with E-state index in [9.17, 15) is 4.79 Å². The second kappa shape index (κ2) is 5.93. The van der Waals surface area contributed by atoms with Gasteiger partial charge in [-0.15, -0.1) is 0 Å². The highest BCUT2D eigenvalue weighted by Crippen LogP contribution is 2.22. The fraction of sp³-hybridized carbons (Fsp3) is 0.500. The van der Waals surface area contributed by atoms with Crippen LogP contribution in [0.15, 0.2) is 18.2 Å². The number of hydrogen-bond acceptors (Lipinski definition) is 4. The average molecular weight is 262 g/mol. The molecule has 1 saturated heterocycles. The molecule has 5 nitrogen and oxygen atoms in total. The maximum absolute atomic E-state index is 11.6. The number of rotatable bonds is 4. The molecule has 0 spiro atoms. The van der Waals surface area contributed by atoms with Gasteiger partial charge in [0.15, 0.2) is 0 Å². The number of nitrogens with two attached hydrogens (primary N) is 1. The molecular weight excluding hydrogens is 240 g/mol. The molecule has 1 unspecified atom stereocenters. The normalized spacial score (nSPS) is 19.4. The summed E-state index contributed by atoms with van der Waals surface area (Å²) in [5.74, 6) is 0.553. The van der Waals surface area contributed by atoms with Crippen LogP contribution in [0, 0.1) is 5.92 Å². The Morgan fingerprint density at radius 3 is 2.95 bits per heavy atom. The van der Waals surface area contributed by atoms with Gasteiger partial charge in [-0.2, -0.15) is 0 Å². The van der Waals surface area contributed by atoms with Crippen LogP contribution < -0.4 is 16.4 Å². The Morgan fingerprint density at radius 1 is 1.53 bits per heavy atom. The molecule has 0 aromatic heterocycles. The van der Waals surface area contributed by atoms with Crippen molar-refractivity contribution in [3.05, 3.63) is 23.8 Å². The highest BCUT2D eigenvalue weighted by Gasteiger charge is 2.19. The van der Waals surface area contributed by atoms with Crippen LogP contribution in [0.3, 0.4) is 0 Å². The highest BCUT2D eigenvalue weighted by atomic mass is 16.1. The molecule has 0 saturated carbocycles. The summed E-state index contributed by atoms with van der Waals surface area (Å²) in [6, 6.07) is 5.32. The van der Waals surface area contributed by atoms with E-state index in [4.69, 9.17) is 5.73 Å². The minimum atomic E-state index is -0.0938. The Morgan fingerprint density at radius 2 is 2.32 bits per heavy atom. The Labute approximate surface area is 114 Å². The van der Waals surface area contributed by atoms with Gasteiger partial charge in [0.05, 0.1) is 11.4 Å². The monoisotopic (exact) mass is 262 g/mol. The Kier molecular flexibility index (Phi) is 4.27. The van der Waals surface area contributed by atoms with E-state index in [2.05, 4.69) is 22.6 Å². The molecule has 1 aliphatic heterocycles. The first-order valence-corrected chi connectivity index (χ1v) is 6.64. The van der Waals surface area contributed by atoms with Crippen LogP contribution in [0.4, 0.5) is 11.4 Å². The van der Waals surface area contributed by atoms with Gasteiger partial charge in [0.1, 0.15) is 0 Å². The van der Waals surface area contributed by atoms with Gasteiger partial charge in [0.25, 0.3) is 5.91 Å². The summed E-state index contributed by atoms with van der Waals surface area (Å²) in [4.78, 5) is 13.9. The van der Waals surface area contributed by atoms with Crippen LogP contribution in [0.5, 0.6) is 0 Å². The van der Waals surface area contributed by atoms with E-state index >= 15 is 0 Å². The lowest BCUT2D eigenvalue weighted by Gasteiger charge is -2.15. The average Bonchev–Trinajstić information content (AvgIpc) is 2.82. The maximum Gasteiger partial charge on any atom is 0.251 e. The lowest BCUT2D eigenvalue weighted by Crippen LogP contribution is -2.20. The minimum Gasteiger partial charge on any atom is -0.397 e. The lowest BCUT2D eigenvalue weighted by molar-refractivity contribution is 0.0963. The summed E-state index contributed by atoms with van der Waals surface area (Å²) in [5.41, 5.74) is 8.09. The number of carbonyl (C=O) groups excluding carboxylic acids is 1. The van der Waals surface area contributed by atoms with Crippen LogP contribution in [-0.2, 0) is 0 Å². The van der Waals surface area contributed by atoms with E-state index < -0.39 is 0 Å². The predicted octanol–water partition coefficient (Wildman–Crippen LogP) is 0.992. The van der Waals surface area contributed by atoms with E-state index in [0.29, 0.717) is 17.2 Å². The zero-order valence-corrected chi connectivity index (χ0v) is 11.6. The maximum atomic E-state index is 11.6. The molecule has 104 valence electrons. The molecule has 19 heavy (non-hydrogen) atoms. The van der Waals surface area contributed by atoms with Gasteiger partial charge in [0.2, 0.25) is 0 Å². The number of anilines is 2. The van der Waals surface area contributed by atoms with E-state index in [1.54, 1.807) is 19.2 Å². The lowest BCUT2D eigenvalue weighted by atomic mass is 10.1. The van der Waals surface area contributed by atoms with Crippen molar-refractivity contribution in [1.82, 2.24) is 10.2 Å². The standard InChI is InChI=1S/C14H22N4O/c1-16-14(19)11-3-4-12(15)13(7-11)17-8-10-5-6-18(2)9-10/h3-4,7,10,17H,5-6,8-9,15H2,1-2H3,(H,16,19). The van der Waals surface area contributed by atoms with Gasteiger partial charge in [-0.3, -0.25) is 4.79 Å². The van der Waals surface area contributed by atoms with Gasteiger partial charge in [0, 0.05) is 25.7 Å². The Balaban J connectivity index is 2.00. The second-order valence-electron chi connectivity index (χ2n) is 5.18. The Bertz CT molecular complexity index is 461. The molecule has 0 radical (unpaired) electrons. The van der Waals surface area contributed by atoms with Crippen molar-refractivity contribution in [2.75, 3.05) is 44.8 Å². The first kappa shape index (κ1) is 13.7. The SMILES string of the molecule is CNC(=O)c1ccc(N)c(NCC2CCN(C)C2)c1. The number of hydrogen-bond donors (Lipinski definition) is 3. The number of nitrogen functional groups attached to an aromatic ring is 1. The molecule has 1 heterocycles. The summed E-state index contributed by atoms with van der Waals surface area (Å²) in [5, 5.41) is 5.98. The van der Waals surface area contributed by atoms with Crippen LogP contribution in [-0.4, -0.2) is 44.5 Å². The molecule has 1 fully saturated rings. The first-order chi connectivity index (χ1) is 9.10. The van der Waals surface area contributed by atoms with Crippen molar-refractivity contribution in [2.45, 2.75) is 6.42 Å². The third kappa shape index (κ3) is 3.38. The van der Waals surface area contributed by atoms with Gasteiger partial charge in [-0.25, -0.2) is 0 Å². The number of nitrogens with one attached hydrogen (secondary N) is 2. The third-order valence-corrected chi connectivity index (χ3v) is 3.61. The number of nitrogens with zero attached hydrogens (tertiary/aromatic N) is 1. The number of amides is 1. The van der Waals surface area contributed by atoms with E-state index in [1.165, 1.54) is 6.42 Å².